The van der Waals surface area contributed by atoms with Gasteiger partial charge in [-0.15, -0.1) is 24.8 Å². The lowest BCUT2D eigenvalue weighted by molar-refractivity contribution is 0.0947. The van der Waals surface area contributed by atoms with Gasteiger partial charge in [0.05, 0.1) is 0 Å². The molecule has 8 heteroatoms. The minimum atomic E-state index is -0.168. The summed E-state index contributed by atoms with van der Waals surface area (Å²) in [6.45, 7) is 1.64. The first-order chi connectivity index (χ1) is 11.2. The standard InChI is InChI=1S/C17H18BrN3O2.2ClH/c18-12-5-7-14(8-6-12)23-17-15(4-2-10-20-17)16(22)21-11-13-3-1-9-19-13;;/h2,4-8,10,13,19H,1,3,9,11H2,(H,21,22);2*1H. The van der Waals surface area contributed by atoms with Crippen molar-refractivity contribution < 1.29 is 9.53 Å². The Balaban J connectivity index is 0.00000156. The van der Waals surface area contributed by atoms with E-state index in [4.69, 9.17) is 4.74 Å². The largest absolute Gasteiger partial charge is 0.438 e. The molecule has 1 aliphatic heterocycles. The van der Waals surface area contributed by atoms with Gasteiger partial charge in [0.25, 0.3) is 5.91 Å². The van der Waals surface area contributed by atoms with Crippen molar-refractivity contribution in [1.29, 1.82) is 0 Å². The molecule has 136 valence electrons. The SMILES string of the molecule is Cl.Cl.O=C(NCC1CCCN1)c1cccnc1Oc1ccc(Br)cc1. The van der Waals surface area contributed by atoms with Gasteiger partial charge in [0.1, 0.15) is 11.3 Å². The average Bonchev–Trinajstić information content (AvgIpc) is 3.09. The number of carbonyl (C=O) groups is 1. The molecule has 0 bridgehead atoms. The number of pyridine rings is 1. The van der Waals surface area contributed by atoms with E-state index in [1.165, 1.54) is 0 Å². The molecule has 0 saturated carbocycles. The molecule has 1 aliphatic rings. The van der Waals surface area contributed by atoms with Crippen LogP contribution in [0.25, 0.3) is 0 Å². The van der Waals surface area contributed by atoms with Gasteiger partial charge in [-0.1, -0.05) is 15.9 Å². The Bertz CT molecular complexity index is 680. The smallest absolute Gasteiger partial charge is 0.256 e. The van der Waals surface area contributed by atoms with Gasteiger partial charge in [-0.3, -0.25) is 4.79 Å². The quantitative estimate of drug-likeness (QED) is 0.726. The Morgan fingerprint density at radius 1 is 1.28 bits per heavy atom. The molecule has 1 saturated heterocycles. The van der Waals surface area contributed by atoms with E-state index in [1.807, 2.05) is 24.3 Å². The summed E-state index contributed by atoms with van der Waals surface area (Å²) in [5.74, 6) is 0.782. The van der Waals surface area contributed by atoms with E-state index in [9.17, 15) is 4.79 Å². The van der Waals surface area contributed by atoms with E-state index in [-0.39, 0.29) is 30.7 Å². The van der Waals surface area contributed by atoms with Crippen molar-refractivity contribution in [3.05, 3.63) is 52.6 Å². The van der Waals surface area contributed by atoms with Crippen LogP contribution in [0.1, 0.15) is 23.2 Å². The van der Waals surface area contributed by atoms with Gasteiger partial charge in [-0.05, 0) is 55.8 Å². The Kier molecular flexibility index (Phi) is 9.21. The van der Waals surface area contributed by atoms with Crippen molar-refractivity contribution in [3.63, 3.8) is 0 Å². The third-order valence-corrected chi connectivity index (χ3v) is 4.24. The fraction of sp³-hybridized carbons (Fsp3) is 0.294. The highest BCUT2D eigenvalue weighted by Gasteiger charge is 2.18. The topological polar surface area (TPSA) is 63.2 Å². The fourth-order valence-electron chi connectivity index (χ4n) is 2.50. The zero-order valence-electron chi connectivity index (χ0n) is 13.4. The second kappa shape index (κ2) is 10.6. The van der Waals surface area contributed by atoms with Crippen LogP contribution >= 0.6 is 40.7 Å². The van der Waals surface area contributed by atoms with Crippen LogP contribution in [-0.2, 0) is 0 Å². The molecule has 0 aliphatic carbocycles. The van der Waals surface area contributed by atoms with Crippen LogP contribution in [0.5, 0.6) is 11.6 Å². The monoisotopic (exact) mass is 447 g/mol. The van der Waals surface area contributed by atoms with Crippen LogP contribution in [0.15, 0.2) is 47.1 Å². The summed E-state index contributed by atoms with van der Waals surface area (Å²) in [6, 6.07) is 11.2. The molecule has 1 aromatic carbocycles. The maximum absolute atomic E-state index is 12.4. The highest BCUT2D eigenvalue weighted by atomic mass is 79.9. The maximum Gasteiger partial charge on any atom is 0.256 e. The molecular weight excluding hydrogens is 429 g/mol. The summed E-state index contributed by atoms with van der Waals surface area (Å²) in [5.41, 5.74) is 0.438. The highest BCUT2D eigenvalue weighted by molar-refractivity contribution is 9.10. The second-order valence-corrected chi connectivity index (χ2v) is 6.33. The number of rotatable bonds is 5. The van der Waals surface area contributed by atoms with Crippen LogP contribution in [0.2, 0.25) is 0 Å². The first-order valence-electron chi connectivity index (χ1n) is 7.62. The molecule has 1 fully saturated rings. The van der Waals surface area contributed by atoms with E-state index < -0.39 is 0 Å². The van der Waals surface area contributed by atoms with Crippen molar-refractivity contribution in [2.75, 3.05) is 13.1 Å². The van der Waals surface area contributed by atoms with Crippen molar-refractivity contribution >= 4 is 46.7 Å². The van der Waals surface area contributed by atoms with E-state index in [0.717, 1.165) is 23.9 Å². The predicted octanol–water partition coefficient (Wildman–Crippen LogP) is 3.96. The van der Waals surface area contributed by atoms with Crippen LogP contribution < -0.4 is 15.4 Å². The first kappa shape index (κ1) is 21.7. The average molecular weight is 449 g/mol. The van der Waals surface area contributed by atoms with Crippen LogP contribution in [0.4, 0.5) is 0 Å². The molecule has 25 heavy (non-hydrogen) atoms. The highest BCUT2D eigenvalue weighted by Crippen LogP contribution is 2.24. The Labute approximate surface area is 167 Å². The molecule has 1 atom stereocenters. The van der Waals surface area contributed by atoms with E-state index in [0.29, 0.717) is 29.8 Å². The van der Waals surface area contributed by atoms with E-state index in [1.54, 1.807) is 18.3 Å². The minimum Gasteiger partial charge on any atom is -0.438 e. The minimum absolute atomic E-state index is 0. The first-order valence-corrected chi connectivity index (χ1v) is 8.42. The number of amides is 1. The number of halogens is 3. The third kappa shape index (κ3) is 6.15. The van der Waals surface area contributed by atoms with Crippen LogP contribution in [0.3, 0.4) is 0 Å². The fourth-order valence-corrected chi connectivity index (χ4v) is 2.77. The molecule has 3 rings (SSSR count). The molecule has 2 aromatic rings. The number of hydrogen-bond donors (Lipinski definition) is 2. The van der Waals surface area contributed by atoms with Gasteiger partial charge in [0.2, 0.25) is 5.88 Å². The van der Waals surface area contributed by atoms with Crippen LogP contribution in [-0.4, -0.2) is 30.0 Å². The third-order valence-electron chi connectivity index (χ3n) is 3.72. The van der Waals surface area contributed by atoms with Gasteiger partial charge in [-0.25, -0.2) is 4.98 Å². The summed E-state index contributed by atoms with van der Waals surface area (Å²) in [7, 11) is 0. The number of aromatic nitrogens is 1. The number of benzene rings is 1. The van der Waals surface area contributed by atoms with Gasteiger partial charge < -0.3 is 15.4 Å². The van der Waals surface area contributed by atoms with Crippen LogP contribution in [0, 0.1) is 0 Å². The summed E-state index contributed by atoms with van der Waals surface area (Å²) in [4.78, 5) is 16.6. The predicted molar refractivity (Wildman–Crippen MR) is 106 cm³/mol. The van der Waals surface area contributed by atoms with Crippen molar-refractivity contribution in [2.24, 2.45) is 0 Å². The van der Waals surface area contributed by atoms with Gasteiger partial charge in [0.15, 0.2) is 0 Å². The van der Waals surface area contributed by atoms with E-state index in [2.05, 4.69) is 31.5 Å². The number of ether oxygens (including phenoxy) is 1. The lowest BCUT2D eigenvalue weighted by atomic mass is 10.2. The van der Waals surface area contributed by atoms with Crippen molar-refractivity contribution in [1.82, 2.24) is 15.6 Å². The molecule has 0 spiro atoms. The van der Waals surface area contributed by atoms with Crippen molar-refractivity contribution in [2.45, 2.75) is 18.9 Å². The van der Waals surface area contributed by atoms with Gasteiger partial charge in [-0.2, -0.15) is 0 Å². The normalized spacial score (nSPS) is 15.6. The molecule has 2 heterocycles. The summed E-state index contributed by atoms with van der Waals surface area (Å²) >= 11 is 3.38. The summed E-state index contributed by atoms with van der Waals surface area (Å²) in [6.07, 6.45) is 3.87. The lowest BCUT2D eigenvalue weighted by Crippen LogP contribution is -2.37. The van der Waals surface area contributed by atoms with Crippen molar-refractivity contribution in [3.8, 4) is 11.6 Å². The molecule has 2 N–H and O–H groups in total. The molecule has 1 unspecified atom stereocenters. The Morgan fingerprint density at radius 3 is 2.72 bits per heavy atom. The summed E-state index contributed by atoms with van der Waals surface area (Å²) < 4.78 is 6.71. The maximum atomic E-state index is 12.4. The van der Waals surface area contributed by atoms with Gasteiger partial charge in [0, 0.05) is 23.3 Å². The second-order valence-electron chi connectivity index (χ2n) is 5.42. The number of hydrogen-bond acceptors (Lipinski definition) is 4. The Morgan fingerprint density at radius 2 is 2.04 bits per heavy atom. The zero-order chi connectivity index (χ0) is 16.1. The number of nitrogens with one attached hydrogen (secondary N) is 2. The molecule has 0 radical (unpaired) electrons. The van der Waals surface area contributed by atoms with Gasteiger partial charge >= 0.3 is 0 Å². The van der Waals surface area contributed by atoms with E-state index >= 15 is 0 Å². The molecule has 1 amide bonds. The zero-order valence-corrected chi connectivity index (χ0v) is 16.6. The lowest BCUT2D eigenvalue weighted by Gasteiger charge is -2.13. The molecule has 5 nitrogen and oxygen atoms in total. The number of nitrogens with zero attached hydrogens (tertiary/aromatic N) is 1. The number of carbonyl (C=O) groups excluding carboxylic acids is 1. The molecule has 1 aromatic heterocycles. The molecular formula is C17H20BrCl2N3O2. The Hall–Kier alpha value is -1.34. The summed E-state index contributed by atoms with van der Waals surface area (Å²) in [5, 5.41) is 6.30.